The third-order valence-corrected chi connectivity index (χ3v) is 10.5. The first-order chi connectivity index (χ1) is 21.3. The molecule has 0 bridgehead atoms. The Kier molecular flexibility index (Phi) is 14.4. The van der Waals surface area contributed by atoms with Crippen LogP contribution in [0.1, 0.15) is 109 Å². The van der Waals surface area contributed by atoms with Crippen LogP contribution in [0.3, 0.4) is 0 Å². The largest absolute Gasteiger partial charge is 0.391 e. The average molecular weight is 633 g/mol. The van der Waals surface area contributed by atoms with Gasteiger partial charge in [-0.2, -0.15) is 0 Å². The molecule has 1 saturated heterocycles. The van der Waals surface area contributed by atoms with Gasteiger partial charge in [0.1, 0.15) is 5.01 Å². The molecule has 2 heterocycles. The average Bonchev–Trinajstić information content (AvgIpc) is 3.55. The number of hydrogen-bond acceptors (Lipinski definition) is 7. The number of aliphatic hydroxyl groups is 1. The molecule has 9 nitrogen and oxygen atoms in total. The van der Waals surface area contributed by atoms with Crippen LogP contribution >= 0.6 is 11.3 Å². The second-order valence-corrected chi connectivity index (χ2v) is 14.7. The van der Waals surface area contributed by atoms with Gasteiger partial charge in [0.25, 0.3) is 0 Å². The molecule has 0 aromatic carbocycles. The number of ether oxygens (including phenoxy) is 1. The minimum Gasteiger partial charge on any atom is -0.391 e. The van der Waals surface area contributed by atoms with Crippen LogP contribution < -0.4 is 0 Å². The highest BCUT2D eigenvalue weighted by atomic mass is 32.1. The Balaban J connectivity index is 1.47. The fraction of sp³-hybridized carbons (Fsp3) is 0.824. The summed E-state index contributed by atoms with van der Waals surface area (Å²) in [5.74, 6) is 0.892. The summed E-state index contributed by atoms with van der Waals surface area (Å²) in [5, 5.41) is 14.2. The SMILES string of the molecule is CC(C)C[C@H](O)[C@H](CC1CCCCC1)N(Cc1nccs1)C(=O)CCC(=O)N(CC(=O)N1CCOCC1)CC1CCCCC1. The maximum absolute atomic E-state index is 14.1. The number of rotatable bonds is 15. The lowest BCUT2D eigenvalue weighted by atomic mass is 9.82. The monoisotopic (exact) mass is 632 g/mol. The summed E-state index contributed by atoms with van der Waals surface area (Å²) in [7, 11) is 0. The molecular weight excluding hydrogens is 576 g/mol. The molecule has 2 atom stereocenters. The molecule has 1 N–H and O–H groups in total. The first kappa shape index (κ1) is 34.8. The third-order valence-electron chi connectivity index (χ3n) is 9.77. The van der Waals surface area contributed by atoms with Gasteiger partial charge in [-0.1, -0.05) is 65.2 Å². The molecule has 1 aromatic heterocycles. The van der Waals surface area contributed by atoms with Crippen LogP contribution in [0.15, 0.2) is 11.6 Å². The highest BCUT2D eigenvalue weighted by molar-refractivity contribution is 7.09. The van der Waals surface area contributed by atoms with E-state index in [1.54, 1.807) is 16.0 Å². The molecule has 2 saturated carbocycles. The Morgan fingerprint density at radius 3 is 2.23 bits per heavy atom. The number of nitrogens with zero attached hydrogens (tertiary/aromatic N) is 4. The summed E-state index contributed by atoms with van der Waals surface area (Å²) >= 11 is 1.51. The molecule has 2 aliphatic carbocycles. The number of carbonyl (C=O) groups is 3. The van der Waals surface area contributed by atoms with Crippen molar-refractivity contribution in [3.05, 3.63) is 16.6 Å². The summed E-state index contributed by atoms with van der Waals surface area (Å²) in [6, 6.07) is -0.312. The van der Waals surface area contributed by atoms with Gasteiger partial charge in [-0.05, 0) is 43.4 Å². The summed E-state index contributed by atoms with van der Waals surface area (Å²) in [4.78, 5) is 50.8. The normalized spacial score (nSPS) is 20.0. The molecule has 0 spiro atoms. The molecule has 1 aromatic rings. The Morgan fingerprint density at radius 1 is 0.977 bits per heavy atom. The molecule has 3 fully saturated rings. The van der Waals surface area contributed by atoms with E-state index in [2.05, 4.69) is 18.8 Å². The third kappa shape index (κ3) is 11.1. The van der Waals surface area contributed by atoms with Crippen molar-refractivity contribution in [2.24, 2.45) is 17.8 Å². The van der Waals surface area contributed by atoms with E-state index < -0.39 is 6.10 Å². The van der Waals surface area contributed by atoms with Crippen molar-refractivity contribution in [2.75, 3.05) is 39.4 Å². The lowest BCUT2D eigenvalue weighted by Gasteiger charge is -2.38. The van der Waals surface area contributed by atoms with Gasteiger partial charge in [0.2, 0.25) is 17.7 Å². The Morgan fingerprint density at radius 2 is 1.61 bits per heavy atom. The van der Waals surface area contributed by atoms with Gasteiger partial charge in [-0.15, -0.1) is 11.3 Å². The number of thiazole rings is 1. The van der Waals surface area contributed by atoms with E-state index in [4.69, 9.17) is 4.74 Å². The predicted octanol–water partition coefficient (Wildman–Crippen LogP) is 5.27. The minimum atomic E-state index is -0.634. The zero-order valence-electron chi connectivity index (χ0n) is 27.2. The predicted molar refractivity (Wildman–Crippen MR) is 173 cm³/mol. The summed E-state index contributed by atoms with van der Waals surface area (Å²) < 4.78 is 5.42. The lowest BCUT2D eigenvalue weighted by Crippen LogP contribution is -2.49. The van der Waals surface area contributed by atoms with Crippen LogP contribution in [-0.4, -0.2) is 94.1 Å². The molecule has 0 radical (unpaired) electrons. The molecule has 10 heteroatoms. The molecule has 1 aliphatic heterocycles. The maximum atomic E-state index is 14.1. The van der Waals surface area contributed by atoms with Crippen molar-refractivity contribution in [3.63, 3.8) is 0 Å². The maximum Gasteiger partial charge on any atom is 0.242 e. The minimum absolute atomic E-state index is 0.0430. The summed E-state index contributed by atoms with van der Waals surface area (Å²) in [6.45, 7) is 7.33. The lowest BCUT2D eigenvalue weighted by molar-refractivity contribution is -0.145. The van der Waals surface area contributed by atoms with Crippen molar-refractivity contribution in [2.45, 2.75) is 122 Å². The van der Waals surface area contributed by atoms with Gasteiger partial charge in [-0.3, -0.25) is 14.4 Å². The number of morpholine rings is 1. The number of aliphatic hydroxyl groups excluding tert-OH is 1. The fourth-order valence-electron chi connectivity index (χ4n) is 7.29. The molecule has 44 heavy (non-hydrogen) atoms. The quantitative estimate of drug-likeness (QED) is 0.283. The molecular formula is C34H56N4O5S. The molecule has 248 valence electrons. The highest BCUT2D eigenvalue weighted by Gasteiger charge is 2.34. The zero-order chi connectivity index (χ0) is 31.3. The van der Waals surface area contributed by atoms with Gasteiger partial charge < -0.3 is 24.5 Å². The smallest absolute Gasteiger partial charge is 0.242 e. The van der Waals surface area contributed by atoms with Gasteiger partial charge in [0.05, 0.1) is 38.4 Å². The van der Waals surface area contributed by atoms with Crippen LogP contribution in [0.25, 0.3) is 0 Å². The van der Waals surface area contributed by atoms with Crippen LogP contribution in [0.5, 0.6) is 0 Å². The first-order valence-corrected chi connectivity index (χ1v) is 18.2. The molecule has 4 rings (SSSR count). The van der Waals surface area contributed by atoms with E-state index in [-0.39, 0.29) is 43.1 Å². The van der Waals surface area contributed by atoms with Crippen molar-refractivity contribution < 1.29 is 24.2 Å². The summed E-state index contributed by atoms with van der Waals surface area (Å²) in [6.07, 6.45) is 14.3. The van der Waals surface area contributed by atoms with E-state index in [1.807, 2.05) is 10.3 Å². The van der Waals surface area contributed by atoms with Gasteiger partial charge >= 0.3 is 0 Å². The number of amides is 3. The van der Waals surface area contributed by atoms with E-state index in [1.165, 1.54) is 37.0 Å². The number of carbonyl (C=O) groups excluding carboxylic acids is 3. The molecule has 3 aliphatic rings. The van der Waals surface area contributed by atoms with E-state index in [0.717, 1.165) is 50.0 Å². The van der Waals surface area contributed by atoms with Crippen molar-refractivity contribution in [3.8, 4) is 0 Å². The Bertz CT molecular complexity index is 1000. The second kappa shape index (κ2) is 18.2. The highest BCUT2D eigenvalue weighted by Crippen LogP contribution is 2.32. The molecule has 3 amide bonds. The summed E-state index contributed by atoms with van der Waals surface area (Å²) in [5.41, 5.74) is 0. The van der Waals surface area contributed by atoms with Crippen molar-refractivity contribution in [1.82, 2.24) is 19.7 Å². The van der Waals surface area contributed by atoms with E-state index in [9.17, 15) is 19.5 Å². The first-order valence-electron chi connectivity index (χ1n) is 17.3. The van der Waals surface area contributed by atoms with E-state index in [0.29, 0.717) is 63.6 Å². The number of hydrogen-bond donors (Lipinski definition) is 1. The second-order valence-electron chi connectivity index (χ2n) is 13.7. The zero-order valence-corrected chi connectivity index (χ0v) is 28.0. The van der Waals surface area contributed by atoms with E-state index >= 15 is 0 Å². The Hall–Kier alpha value is -2.04. The van der Waals surface area contributed by atoms with Gasteiger partial charge in [-0.25, -0.2) is 4.98 Å². The topological polar surface area (TPSA) is 103 Å². The molecule has 0 unspecified atom stereocenters. The fourth-order valence-corrected chi connectivity index (χ4v) is 7.91. The van der Waals surface area contributed by atoms with Crippen LogP contribution in [0.4, 0.5) is 0 Å². The van der Waals surface area contributed by atoms with Crippen molar-refractivity contribution >= 4 is 29.1 Å². The Labute approximate surface area is 268 Å². The number of aromatic nitrogens is 1. The standard InChI is InChI=1S/C34H56N4O5S/c1-26(2)21-30(39)29(22-27-9-5-3-6-10-27)38(24-31-35-15-20-44-31)33(41)14-13-32(40)37(23-28-11-7-4-8-12-28)25-34(42)36-16-18-43-19-17-36/h15,20,26-30,39H,3-14,16-19,21-25H2,1-2H3/t29-,30-/m0/s1. The van der Waals surface area contributed by atoms with Crippen LogP contribution in [-0.2, 0) is 25.7 Å². The van der Waals surface area contributed by atoms with Crippen LogP contribution in [0, 0.1) is 17.8 Å². The van der Waals surface area contributed by atoms with Crippen molar-refractivity contribution in [1.29, 1.82) is 0 Å². The van der Waals surface area contributed by atoms with Gasteiger partial charge in [0, 0.05) is 44.1 Å². The van der Waals surface area contributed by atoms with Gasteiger partial charge in [0.15, 0.2) is 0 Å². The van der Waals surface area contributed by atoms with Crippen LogP contribution in [0.2, 0.25) is 0 Å².